The number of hydrogen-bond donors (Lipinski definition) is 3. The fraction of sp³-hybridized carbons (Fsp3) is 0.526. The lowest BCUT2D eigenvalue weighted by Gasteiger charge is -2.28. The maximum absolute atomic E-state index is 12.5. The molecule has 1 saturated heterocycles. The predicted molar refractivity (Wildman–Crippen MR) is 104 cm³/mol. The average molecular weight is 390 g/mol. The molecule has 0 unspecified atom stereocenters. The molecule has 1 aliphatic heterocycles. The van der Waals surface area contributed by atoms with E-state index in [0.29, 0.717) is 29.9 Å². The largest absolute Gasteiger partial charge is 0.444 e. The molecule has 3 rings (SSSR count). The number of nitrogens with zero attached hydrogens (tertiary/aromatic N) is 1. The Labute approximate surface area is 162 Å². The number of ether oxygens (including phenoxy) is 2. The van der Waals surface area contributed by atoms with E-state index in [1.54, 1.807) is 39.0 Å². The van der Waals surface area contributed by atoms with Crippen molar-refractivity contribution in [2.24, 2.45) is 0 Å². The first-order valence-corrected chi connectivity index (χ1v) is 9.31. The van der Waals surface area contributed by atoms with Gasteiger partial charge in [-0.15, -0.1) is 0 Å². The summed E-state index contributed by atoms with van der Waals surface area (Å²) in [6, 6.07) is 5.03. The van der Waals surface area contributed by atoms with E-state index in [4.69, 9.17) is 9.47 Å². The van der Waals surface area contributed by atoms with Gasteiger partial charge >= 0.3 is 11.8 Å². The Bertz CT molecular complexity index is 905. The van der Waals surface area contributed by atoms with Gasteiger partial charge in [-0.3, -0.25) is 9.69 Å². The molecule has 1 aromatic heterocycles. The zero-order valence-corrected chi connectivity index (χ0v) is 16.3. The smallest absolute Gasteiger partial charge is 0.410 e. The van der Waals surface area contributed by atoms with Crippen molar-refractivity contribution >= 4 is 28.7 Å². The summed E-state index contributed by atoms with van der Waals surface area (Å²) in [5.74, 6) is -0.360. The molecule has 0 bridgehead atoms. The zero-order valence-electron chi connectivity index (χ0n) is 16.3. The molecule has 1 aliphatic rings. The molecule has 152 valence electrons. The van der Waals surface area contributed by atoms with Gasteiger partial charge in [-0.2, -0.15) is 0 Å². The Hall–Kier alpha value is -2.81. The van der Waals surface area contributed by atoms with E-state index in [-0.39, 0.29) is 24.2 Å². The Balaban J connectivity index is 1.67. The third-order valence-corrected chi connectivity index (χ3v) is 4.23. The number of amides is 2. The van der Waals surface area contributed by atoms with Gasteiger partial charge in [0.1, 0.15) is 12.1 Å². The summed E-state index contributed by atoms with van der Waals surface area (Å²) in [5.41, 5.74) is 0.788. The number of carbonyl (C=O) groups excluding carboxylic acids is 2. The van der Waals surface area contributed by atoms with Crippen LogP contribution in [0.25, 0.3) is 11.0 Å². The molecule has 0 saturated carbocycles. The molecule has 9 heteroatoms. The van der Waals surface area contributed by atoms with E-state index in [2.05, 4.69) is 15.3 Å². The van der Waals surface area contributed by atoms with Crippen molar-refractivity contribution in [3.05, 3.63) is 28.7 Å². The maximum Gasteiger partial charge on any atom is 0.410 e. The van der Waals surface area contributed by atoms with Crippen LogP contribution in [0.2, 0.25) is 0 Å². The highest BCUT2D eigenvalue weighted by molar-refractivity contribution is 5.95. The van der Waals surface area contributed by atoms with Crippen molar-refractivity contribution in [2.45, 2.75) is 45.3 Å². The summed E-state index contributed by atoms with van der Waals surface area (Å²) in [6.45, 7) is 6.14. The Kier molecular flexibility index (Phi) is 5.73. The van der Waals surface area contributed by atoms with Gasteiger partial charge in [0.2, 0.25) is 5.91 Å². The highest BCUT2D eigenvalue weighted by Gasteiger charge is 2.28. The number of anilines is 1. The molecule has 28 heavy (non-hydrogen) atoms. The van der Waals surface area contributed by atoms with Crippen molar-refractivity contribution in [2.75, 3.05) is 25.0 Å². The fourth-order valence-electron chi connectivity index (χ4n) is 3.05. The minimum atomic E-state index is -0.659. The van der Waals surface area contributed by atoms with Crippen LogP contribution in [0.15, 0.2) is 23.0 Å². The lowest BCUT2D eigenvalue weighted by atomic mass is 10.2. The van der Waals surface area contributed by atoms with Crippen LogP contribution in [-0.4, -0.2) is 58.3 Å². The monoisotopic (exact) mass is 390 g/mol. The van der Waals surface area contributed by atoms with Gasteiger partial charge in [0.25, 0.3) is 0 Å². The molecule has 1 fully saturated rings. The van der Waals surface area contributed by atoms with Gasteiger partial charge in [-0.05, 0) is 51.8 Å². The molecule has 9 nitrogen and oxygen atoms in total. The van der Waals surface area contributed by atoms with E-state index in [1.807, 2.05) is 0 Å². The summed E-state index contributed by atoms with van der Waals surface area (Å²) in [5, 5.41) is 2.75. The number of nitrogens with one attached hydrogen (secondary N) is 3. The van der Waals surface area contributed by atoms with E-state index < -0.39 is 11.7 Å². The van der Waals surface area contributed by atoms with Gasteiger partial charge in [-0.1, -0.05) is 0 Å². The second-order valence-electron chi connectivity index (χ2n) is 7.88. The standard InChI is InChI=1S/C19H26N4O5/c1-19(2,3)28-18(26)23(10-13-5-4-8-27-13)11-16(24)20-12-6-7-14-15(9-12)22-17(25)21-14/h6-7,9,13H,4-5,8,10-11H2,1-3H3,(H,20,24)(H2,21,22,25)/t13-/m0/s1. The molecule has 2 heterocycles. The number of imidazole rings is 1. The van der Waals surface area contributed by atoms with Crippen LogP contribution in [-0.2, 0) is 14.3 Å². The number of benzene rings is 1. The summed E-state index contributed by atoms with van der Waals surface area (Å²) in [4.78, 5) is 43.1. The second-order valence-corrected chi connectivity index (χ2v) is 7.88. The predicted octanol–water partition coefficient (Wildman–Crippen LogP) is 2.21. The van der Waals surface area contributed by atoms with Crippen LogP contribution >= 0.6 is 0 Å². The van der Waals surface area contributed by atoms with Gasteiger partial charge in [-0.25, -0.2) is 9.59 Å². The topological polar surface area (TPSA) is 117 Å². The second kappa shape index (κ2) is 8.05. The number of aromatic nitrogens is 2. The molecule has 1 atom stereocenters. The summed E-state index contributed by atoms with van der Waals surface area (Å²) >= 11 is 0. The summed E-state index contributed by atoms with van der Waals surface area (Å²) in [7, 11) is 0. The van der Waals surface area contributed by atoms with Crippen molar-refractivity contribution in [1.29, 1.82) is 0 Å². The van der Waals surface area contributed by atoms with Gasteiger partial charge in [0.05, 0.1) is 23.7 Å². The van der Waals surface area contributed by atoms with Crippen LogP contribution in [0.5, 0.6) is 0 Å². The number of hydrogen-bond acceptors (Lipinski definition) is 5. The minimum Gasteiger partial charge on any atom is -0.444 e. The normalized spacial score (nSPS) is 16.9. The fourth-order valence-corrected chi connectivity index (χ4v) is 3.05. The van der Waals surface area contributed by atoms with Crippen molar-refractivity contribution in [3.8, 4) is 0 Å². The number of aromatic amines is 2. The number of H-pyrrole nitrogens is 2. The highest BCUT2D eigenvalue weighted by atomic mass is 16.6. The average Bonchev–Trinajstić information content (AvgIpc) is 3.20. The molecule has 0 spiro atoms. The molecule has 2 amide bonds. The van der Waals surface area contributed by atoms with Crippen LogP contribution in [0.1, 0.15) is 33.6 Å². The molecular formula is C19H26N4O5. The van der Waals surface area contributed by atoms with Crippen LogP contribution in [0.4, 0.5) is 10.5 Å². The van der Waals surface area contributed by atoms with E-state index in [1.165, 1.54) is 4.90 Å². The lowest BCUT2D eigenvalue weighted by Crippen LogP contribution is -2.44. The lowest BCUT2D eigenvalue weighted by molar-refractivity contribution is -0.117. The SMILES string of the molecule is CC(C)(C)OC(=O)N(CC(=O)Nc1ccc2[nH]c(=O)[nH]c2c1)C[C@@H]1CCCO1. The molecule has 0 aliphatic carbocycles. The minimum absolute atomic E-state index is 0.0957. The van der Waals surface area contributed by atoms with E-state index in [0.717, 1.165) is 12.8 Å². The van der Waals surface area contributed by atoms with Crippen molar-refractivity contribution in [3.63, 3.8) is 0 Å². The number of rotatable bonds is 5. The van der Waals surface area contributed by atoms with Crippen molar-refractivity contribution < 1.29 is 19.1 Å². The van der Waals surface area contributed by atoms with Crippen molar-refractivity contribution in [1.82, 2.24) is 14.9 Å². The Morgan fingerprint density at radius 3 is 2.71 bits per heavy atom. The zero-order chi connectivity index (χ0) is 20.3. The van der Waals surface area contributed by atoms with E-state index in [9.17, 15) is 14.4 Å². The molecule has 1 aromatic carbocycles. The molecule has 2 aromatic rings. The van der Waals surface area contributed by atoms with Gasteiger partial charge < -0.3 is 24.8 Å². The first-order chi connectivity index (χ1) is 13.2. The highest BCUT2D eigenvalue weighted by Crippen LogP contribution is 2.17. The first kappa shape index (κ1) is 19.9. The quantitative estimate of drug-likeness (QED) is 0.724. The first-order valence-electron chi connectivity index (χ1n) is 9.31. The Morgan fingerprint density at radius 1 is 1.29 bits per heavy atom. The number of carbonyl (C=O) groups is 2. The van der Waals surface area contributed by atoms with Gasteiger partial charge in [0, 0.05) is 12.3 Å². The maximum atomic E-state index is 12.5. The van der Waals surface area contributed by atoms with E-state index >= 15 is 0 Å². The molecule has 0 radical (unpaired) electrons. The van der Waals surface area contributed by atoms with Crippen LogP contribution in [0, 0.1) is 0 Å². The van der Waals surface area contributed by atoms with Crippen LogP contribution < -0.4 is 11.0 Å². The van der Waals surface area contributed by atoms with Gasteiger partial charge in [0.15, 0.2) is 0 Å². The third kappa shape index (κ3) is 5.35. The molecular weight excluding hydrogens is 364 g/mol. The summed E-state index contributed by atoms with van der Waals surface area (Å²) in [6.07, 6.45) is 1.14. The summed E-state index contributed by atoms with van der Waals surface area (Å²) < 4.78 is 11.0. The third-order valence-electron chi connectivity index (χ3n) is 4.23. The Morgan fingerprint density at radius 2 is 2.04 bits per heavy atom. The molecule has 3 N–H and O–H groups in total. The number of fused-ring (bicyclic) bond motifs is 1. The van der Waals surface area contributed by atoms with Crippen LogP contribution in [0.3, 0.4) is 0 Å².